The van der Waals surface area contributed by atoms with Crippen molar-refractivity contribution in [2.75, 3.05) is 9.80 Å². The van der Waals surface area contributed by atoms with Crippen molar-refractivity contribution in [2.24, 2.45) is 0 Å². The van der Waals surface area contributed by atoms with E-state index < -0.39 is 0 Å². The summed E-state index contributed by atoms with van der Waals surface area (Å²) in [5, 5.41) is 0. The third-order valence-corrected chi connectivity index (χ3v) is 8.79. The van der Waals surface area contributed by atoms with Crippen molar-refractivity contribution in [2.45, 2.75) is 13.8 Å². The van der Waals surface area contributed by atoms with Gasteiger partial charge in [0, 0.05) is 34.1 Å². The highest BCUT2D eigenvalue weighted by Gasteiger charge is 2.13. The van der Waals surface area contributed by atoms with Gasteiger partial charge >= 0.3 is 0 Å². The summed E-state index contributed by atoms with van der Waals surface area (Å²) in [6.45, 7) is 4.24. The first kappa shape index (κ1) is 32.2. The minimum atomic E-state index is 1.13. The topological polar surface area (TPSA) is 6.48 Å². The second kappa shape index (κ2) is 15.2. The van der Waals surface area contributed by atoms with Gasteiger partial charge in [0.25, 0.3) is 0 Å². The highest BCUT2D eigenvalue weighted by Crippen LogP contribution is 2.36. The fourth-order valence-electron chi connectivity index (χ4n) is 6.01. The van der Waals surface area contributed by atoms with Gasteiger partial charge in [0.1, 0.15) is 0 Å². The molecule has 0 N–H and O–H groups in total. The summed E-state index contributed by atoms with van der Waals surface area (Å²) in [6.07, 6.45) is 8.68. The predicted molar refractivity (Wildman–Crippen MR) is 216 cm³/mol. The van der Waals surface area contributed by atoms with Crippen molar-refractivity contribution in [3.63, 3.8) is 0 Å². The molecule has 0 aliphatic heterocycles. The monoisotopic (exact) mass is 644 g/mol. The third kappa shape index (κ3) is 7.84. The molecule has 0 spiro atoms. The van der Waals surface area contributed by atoms with Crippen molar-refractivity contribution in [1.29, 1.82) is 0 Å². The molecule has 7 aromatic rings. The fraction of sp³-hybridized carbons (Fsp3) is 0.0417. The smallest absolute Gasteiger partial charge is 0.0462 e. The Balaban J connectivity index is 1.02. The molecule has 2 nitrogen and oxygen atoms in total. The summed E-state index contributed by atoms with van der Waals surface area (Å²) in [4.78, 5) is 4.58. The summed E-state index contributed by atoms with van der Waals surface area (Å²) < 4.78 is 0. The van der Waals surface area contributed by atoms with Gasteiger partial charge in [0.2, 0.25) is 0 Å². The van der Waals surface area contributed by atoms with Gasteiger partial charge in [-0.1, -0.05) is 145 Å². The molecular weight excluding hydrogens is 605 g/mol. The maximum atomic E-state index is 2.29. The van der Waals surface area contributed by atoms with Crippen molar-refractivity contribution in [3.05, 3.63) is 215 Å². The van der Waals surface area contributed by atoms with E-state index in [1.54, 1.807) is 0 Å². The number of para-hydroxylation sites is 2. The lowest BCUT2D eigenvalue weighted by atomic mass is 10.1. The Morgan fingerprint density at radius 1 is 0.260 bits per heavy atom. The molecule has 0 heterocycles. The molecule has 0 aromatic heterocycles. The first-order chi connectivity index (χ1) is 24.6. The first-order valence-corrected chi connectivity index (χ1v) is 17.1. The fourth-order valence-corrected chi connectivity index (χ4v) is 6.01. The van der Waals surface area contributed by atoms with Crippen LogP contribution in [-0.4, -0.2) is 0 Å². The minimum absolute atomic E-state index is 1.13. The van der Waals surface area contributed by atoms with Crippen molar-refractivity contribution >= 4 is 58.4 Å². The van der Waals surface area contributed by atoms with E-state index >= 15 is 0 Å². The Bertz CT molecular complexity index is 2000. The highest BCUT2D eigenvalue weighted by molar-refractivity contribution is 5.80. The van der Waals surface area contributed by atoms with Gasteiger partial charge in [-0.05, 0) is 109 Å². The van der Waals surface area contributed by atoms with E-state index in [0.29, 0.717) is 0 Å². The van der Waals surface area contributed by atoms with Crippen LogP contribution in [0.15, 0.2) is 182 Å². The minimum Gasteiger partial charge on any atom is -0.311 e. The first-order valence-electron chi connectivity index (χ1n) is 17.1. The van der Waals surface area contributed by atoms with Crippen LogP contribution in [0.4, 0.5) is 34.1 Å². The lowest BCUT2D eigenvalue weighted by Gasteiger charge is -2.25. The van der Waals surface area contributed by atoms with Crippen LogP contribution in [0.1, 0.15) is 33.4 Å². The Hall–Kier alpha value is -6.38. The summed E-state index contributed by atoms with van der Waals surface area (Å²) in [5.74, 6) is 0. The molecular formula is C48H40N2. The largest absolute Gasteiger partial charge is 0.311 e. The molecule has 0 aliphatic rings. The van der Waals surface area contributed by atoms with E-state index in [0.717, 1.165) is 45.3 Å². The molecule has 50 heavy (non-hydrogen) atoms. The van der Waals surface area contributed by atoms with Gasteiger partial charge in [-0.3, -0.25) is 0 Å². The second-order valence-corrected chi connectivity index (χ2v) is 12.5. The summed E-state index contributed by atoms with van der Waals surface area (Å²) in [6, 6.07) is 64.5. The van der Waals surface area contributed by atoms with Gasteiger partial charge in [0.05, 0.1) is 0 Å². The van der Waals surface area contributed by atoms with Gasteiger partial charge in [-0.15, -0.1) is 0 Å². The van der Waals surface area contributed by atoms with Crippen LogP contribution < -0.4 is 9.80 Å². The summed E-state index contributed by atoms with van der Waals surface area (Å²) in [5.41, 5.74) is 14.0. The quantitative estimate of drug-likeness (QED) is 0.137. The normalized spacial score (nSPS) is 11.2. The van der Waals surface area contributed by atoms with E-state index in [-0.39, 0.29) is 0 Å². The average molecular weight is 645 g/mol. The summed E-state index contributed by atoms with van der Waals surface area (Å²) >= 11 is 0. The lowest BCUT2D eigenvalue weighted by Crippen LogP contribution is -2.09. The van der Waals surface area contributed by atoms with Crippen LogP contribution in [-0.2, 0) is 0 Å². The lowest BCUT2D eigenvalue weighted by molar-refractivity contribution is 1.27. The third-order valence-electron chi connectivity index (χ3n) is 8.79. The molecule has 0 radical (unpaired) electrons. The standard InChI is InChI=1S/C48H40N2/c1-37-13-29-45(30-14-37)49(43-9-5-3-6-10-43)47-33-25-41(26-34-47)23-21-39-17-19-40(20-18-39)22-24-42-27-35-48(36-28-42)50(44-11-7-4-8-12-44)46-31-15-38(2)16-32-46/h3-36H,1-2H3/b23-21+,24-22+. The zero-order chi connectivity index (χ0) is 34.1. The van der Waals surface area contributed by atoms with E-state index in [4.69, 9.17) is 0 Å². The molecule has 242 valence electrons. The van der Waals surface area contributed by atoms with Crippen LogP contribution in [0.3, 0.4) is 0 Å². The van der Waals surface area contributed by atoms with Crippen LogP contribution in [0.2, 0.25) is 0 Å². The van der Waals surface area contributed by atoms with E-state index in [9.17, 15) is 0 Å². The molecule has 0 saturated heterocycles. The molecule has 0 unspecified atom stereocenters. The van der Waals surface area contributed by atoms with E-state index in [1.807, 2.05) is 0 Å². The number of aryl methyl sites for hydroxylation is 2. The molecule has 0 fully saturated rings. The van der Waals surface area contributed by atoms with Crippen molar-refractivity contribution < 1.29 is 0 Å². The predicted octanol–water partition coefficient (Wildman–Crippen LogP) is 13.6. The molecule has 7 rings (SSSR count). The molecule has 7 aromatic carbocycles. The van der Waals surface area contributed by atoms with Gasteiger partial charge in [-0.25, -0.2) is 0 Å². The van der Waals surface area contributed by atoms with Crippen LogP contribution in [0, 0.1) is 13.8 Å². The number of anilines is 6. The molecule has 0 aliphatic carbocycles. The summed E-state index contributed by atoms with van der Waals surface area (Å²) in [7, 11) is 0. The van der Waals surface area contributed by atoms with Crippen molar-refractivity contribution in [3.8, 4) is 0 Å². The zero-order valence-corrected chi connectivity index (χ0v) is 28.5. The van der Waals surface area contributed by atoms with Gasteiger partial charge < -0.3 is 9.80 Å². The Labute approximate surface area is 296 Å². The Kier molecular flexibility index (Phi) is 9.80. The maximum absolute atomic E-state index is 2.29. The van der Waals surface area contributed by atoms with Crippen LogP contribution in [0.5, 0.6) is 0 Å². The van der Waals surface area contributed by atoms with E-state index in [1.165, 1.54) is 22.3 Å². The zero-order valence-electron chi connectivity index (χ0n) is 28.5. The average Bonchev–Trinajstić information content (AvgIpc) is 3.17. The number of hydrogen-bond donors (Lipinski definition) is 0. The molecule has 2 heteroatoms. The molecule has 0 atom stereocenters. The van der Waals surface area contributed by atoms with E-state index in [2.05, 4.69) is 230 Å². The number of benzene rings is 7. The Morgan fingerprint density at radius 3 is 0.760 bits per heavy atom. The van der Waals surface area contributed by atoms with Crippen molar-refractivity contribution in [1.82, 2.24) is 0 Å². The SMILES string of the molecule is Cc1ccc(N(c2ccccc2)c2ccc(/C=C/c3ccc(/C=C/c4ccc(N(c5ccccc5)c5ccc(C)cc5)cc4)cc3)cc2)cc1. The number of hydrogen-bond acceptors (Lipinski definition) is 2. The van der Waals surface area contributed by atoms with Gasteiger partial charge in [-0.2, -0.15) is 0 Å². The molecule has 0 bridgehead atoms. The van der Waals surface area contributed by atoms with Crippen LogP contribution in [0.25, 0.3) is 24.3 Å². The maximum Gasteiger partial charge on any atom is 0.0462 e. The van der Waals surface area contributed by atoms with Crippen LogP contribution >= 0.6 is 0 Å². The Morgan fingerprint density at radius 2 is 0.480 bits per heavy atom. The molecule has 0 amide bonds. The number of nitrogens with zero attached hydrogens (tertiary/aromatic N) is 2. The number of rotatable bonds is 10. The second-order valence-electron chi connectivity index (χ2n) is 12.5. The molecule has 0 saturated carbocycles. The highest BCUT2D eigenvalue weighted by atomic mass is 15.1. The van der Waals surface area contributed by atoms with Gasteiger partial charge in [0.15, 0.2) is 0 Å².